The average molecular weight is 252 g/mol. The Balaban J connectivity index is 2.10. The third kappa shape index (κ3) is 2.23. The van der Waals surface area contributed by atoms with E-state index in [0.717, 1.165) is 6.42 Å². The summed E-state index contributed by atoms with van der Waals surface area (Å²) in [7, 11) is 0. The number of hydrogen-bond acceptors (Lipinski definition) is 4. The Morgan fingerprint density at radius 3 is 2.67 bits per heavy atom. The van der Waals surface area contributed by atoms with Crippen molar-refractivity contribution in [2.45, 2.75) is 39.2 Å². The van der Waals surface area contributed by atoms with Gasteiger partial charge in [-0.1, -0.05) is 11.6 Å². The number of hydrogen-bond donors (Lipinski definition) is 2. The molecule has 2 atom stereocenters. The second-order valence-corrected chi connectivity index (χ2v) is 4.65. The van der Waals surface area contributed by atoms with E-state index in [1.807, 2.05) is 0 Å². The minimum Gasteiger partial charge on any atom is -0.481 e. The Labute approximate surface area is 104 Å². The van der Waals surface area contributed by atoms with Crippen LogP contribution in [0, 0.1) is 19.8 Å². The van der Waals surface area contributed by atoms with Gasteiger partial charge in [0.15, 0.2) is 0 Å². The smallest absolute Gasteiger partial charge is 0.308 e. The van der Waals surface area contributed by atoms with Crippen molar-refractivity contribution < 1.29 is 19.2 Å². The molecule has 1 heterocycles. The summed E-state index contributed by atoms with van der Waals surface area (Å²) in [6.45, 7) is 3.35. The van der Waals surface area contributed by atoms with Crippen LogP contribution < -0.4 is 5.32 Å². The second-order valence-electron chi connectivity index (χ2n) is 4.65. The average Bonchev–Trinajstić information content (AvgIpc) is 2.86. The van der Waals surface area contributed by atoms with Gasteiger partial charge in [0.05, 0.1) is 11.6 Å². The van der Waals surface area contributed by atoms with E-state index < -0.39 is 11.9 Å². The van der Waals surface area contributed by atoms with Gasteiger partial charge in [0.25, 0.3) is 5.91 Å². The quantitative estimate of drug-likeness (QED) is 0.845. The fraction of sp³-hybridized carbons (Fsp3) is 0.583. The zero-order valence-electron chi connectivity index (χ0n) is 10.4. The van der Waals surface area contributed by atoms with Crippen molar-refractivity contribution in [3.8, 4) is 0 Å². The van der Waals surface area contributed by atoms with Gasteiger partial charge in [0.1, 0.15) is 11.3 Å². The van der Waals surface area contributed by atoms with Crippen molar-refractivity contribution in [3.63, 3.8) is 0 Å². The van der Waals surface area contributed by atoms with Gasteiger partial charge in [-0.3, -0.25) is 9.59 Å². The van der Waals surface area contributed by atoms with Gasteiger partial charge in [-0.05, 0) is 26.7 Å². The number of nitrogens with zero attached hydrogens (tertiary/aromatic N) is 1. The minimum atomic E-state index is -0.850. The number of aromatic nitrogens is 1. The Morgan fingerprint density at radius 1 is 1.39 bits per heavy atom. The molecule has 0 spiro atoms. The van der Waals surface area contributed by atoms with E-state index in [4.69, 9.17) is 9.63 Å². The molecule has 0 aliphatic heterocycles. The predicted octanol–water partition coefficient (Wildman–Crippen LogP) is 1.27. The van der Waals surface area contributed by atoms with Gasteiger partial charge in [0, 0.05) is 6.04 Å². The van der Waals surface area contributed by atoms with E-state index in [1.165, 1.54) is 0 Å². The van der Waals surface area contributed by atoms with Crippen molar-refractivity contribution in [3.05, 3.63) is 17.0 Å². The number of carboxylic acid groups (broad SMARTS) is 1. The molecule has 98 valence electrons. The van der Waals surface area contributed by atoms with Gasteiger partial charge < -0.3 is 14.9 Å². The third-order valence-electron chi connectivity index (χ3n) is 3.41. The van der Waals surface area contributed by atoms with Crippen molar-refractivity contribution in [1.29, 1.82) is 0 Å². The van der Waals surface area contributed by atoms with Crippen LogP contribution in [-0.4, -0.2) is 28.2 Å². The lowest BCUT2D eigenvalue weighted by Gasteiger charge is -2.17. The molecule has 1 saturated carbocycles. The Morgan fingerprint density at radius 2 is 2.11 bits per heavy atom. The first-order valence-corrected chi connectivity index (χ1v) is 5.97. The molecule has 0 bridgehead atoms. The van der Waals surface area contributed by atoms with Crippen molar-refractivity contribution in [2.24, 2.45) is 5.92 Å². The molecule has 0 aromatic carbocycles. The fourth-order valence-corrected chi connectivity index (χ4v) is 2.48. The van der Waals surface area contributed by atoms with E-state index in [0.29, 0.717) is 29.9 Å². The Hall–Kier alpha value is -1.85. The topological polar surface area (TPSA) is 92.4 Å². The van der Waals surface area contributed by atoms with Crippen LogP contribution in [0.1, 0.15) is 41.1 Å². The first-order chi connectivity index (χ1) is 8.50. The molecule has 0 radical (unpaired) electrons. The second kappa shape index (κ2) is 4.80. The summed E-state index contributed by atoms with van der Waals surface area (Å²) in [5.41, 5.74) is 0.931. The first kappa shape index (κ1) is 12.6. The van der Waals surface area contributed by atoms with E-state index in [-0.39, 0.29) is 11.9 Å². The maximum absolute atomic E-state index is 12.1. The number of nitrogens with one attached hydrogen (secondary N) is 1. The number of aliphatic carboxylic acids is 1. The zero-order chi connectivity index (χ0) is 13.3. The monoisotopic (exact) mass is 252 g/mol. The van der Waals surface area contributed by atoms with Crippen molar-refractivity contribution in [1.82, 2.24) is 10.5 Å². The number of carboxylic acids is 1. The molecule has 2 rings (SSSR count). The molecule has 2 unspecified atom stereocenters. The summed E-state index contributed by atoms with van der Waals surface area (Å²) < 4.78 is 4.93. The minimum absolute atomic E-state index is 0.301. The molecule has 0 saturated heterocycles. The summed E-state index contributed by atoms with van der Waals surface area (Å²) in [6, 6.07) is -0.302. The Kier molecular flexibility index (Phi) is 3.36. The normalized spacial score (nSPS) is 23.0. The van der Waals surface area contributed by atoms with Crippen LogP contribution in [0.5, 0.6) is 0 Å². The number of carbonyl (C=O) groups is 2. The molecule has 1 aliphatic carbocycles. The molecule has 6 heteroatoms. The highest BCUT2D eigenvalue weighted by molar-refractivity contribution is 5.96. The van der Waals surface area contributed by atoms with E-state index in [9.17, 15) is 9.59 Å². The predicted molar refractivity (Wildman–Crippen MR) is 62.2 cm³/mol. The van der Waals surface area contributed by atoms with Crippen LogP contribution in [0.25, 0.3) is 0 Å². The fourth-order valence-electron chi connectivity index (χ4n) is 2.48. The summed E-state index contributed by atoms with van der Waals surface area (Å²) in [5.74, 6) is -1.19. The molecule has 6 nitrogen and oxygen atoms in total. The standard InChI is InChI=1S/C12H16N2O4/c1-6-10(7(2)18-14-6)11(15)13-9-5-3-4-8(9)12(16)17/h8-9H,3-5H2,1-2H3,(H,13,15)(H,16,17). The van der Waals surface area contributed by atoms with Crippen molar-refractivity contribution >= 4 is 11.9 Å². The molecule has 18 heavy (non-hydrogen) atoms. The lowest BCUT2D eigenvalue weighted by molar-refractivity contribution is -0.142. The van der Waals surface area contributed by atoms with E-state index in [2.05, 4.69) is 10.5 Å². The van der Waals surface area contributed by atoms with Crippen LogP contribution in [0.15, 0.2) is 4.52 Å². The molecular weight excluding hydrogens is 236 g/mol. The largest absolute Gasteiger partial charge is 0.481 e. The van der Waals surface area contributed by atoms with Crippen LogP contribution in [0.4, 0.5) is 0 Å². The molecule has 2 N–H and O–H groups in total. The van der Waals surface area contributed by atoms with Gasteiger partial charge in [-0.15, -0.1) is 0 Å². The maximum Gasteiger partial charge on any atom is 0.308 e. The Bertz CT molecular complexity index is 461. The highest BCUT2D eigenvalue weighted by Crippen LogP contribution is 2.26. The number of aryl methyl sites for hydroxylation is 2. The highest BCUT2D eigenvalue weighted by atomic mass is 16.5. The van der Waals surface area contributed by atoms with Gasteiger partial charge in [-0.2, -0.15) is 0 Å². The highest BCUT2D eigenvalue weighted by Gasteiger charge is 2.34. The van der Waals surface area contributed by atoms with Crippen LogP contribution in [-0.2, 0) is 4.79 Å². The van der Waals surface area contributed by atoms with E-state index >= 15 is 0 Å². The lowest BCUT2D eigenvalue weighted by Crippen LogP contribution is -2.40. The number of carbonyl (C=O) groups excluding carboxylic acids is 1. The van der Waals surface area contributed by atoms with Crippen LogP contribution >= 0.6 is 0 Å². The summed E-state index contributed by atoms with van der Waals surface area (Å²) in [5, 5.41) is 15.5. The summed E-state index contributed by atoms with van der Waals surface area (Å²) in [4.78, 5) is 23.1. The lowest BCUT2D eigenvalue weighted by atomic mass is 10.0. The summed E-state index contributed by atoms with van der Waals surface area (Å²) in [6.07, 6.45) is 2.14. The molecule has 1 aromatic heterocycles. The van der Waals surface area contributed by atoms with Gasteiger partial charge in [0.2, 0.25) is 0 Å². The first-order valence-electron chi connectivity index (χ1n) is 5.97. The molecule has 1 amide bonds. The molecule has 1 aliphatic rings. The summed E-state index contributed by atoms with van der Waals surface area (Å²) >= 11 is 0. The van der Waals surface area contributed by atoms with Crippen LogP contribution in [0.3, 0.4) is 0 Å². The number of rotatable bonds is 3. The van der Waals surface area contributed by atoms with Crippen LogP contribution in [0.2, 0.25) is 0 Å². The third-order valence-corrected chi connectivity index (χ3v) is 3.41. The maximum atomic E-state index is 12.1. The van der Waals surface area contributed by atoms with Crippen molar-refractivity contribution in [2.75, 3.05) is 0 Å². The molecule has 1 fully saturated rings. The van der Waals surface area contributed by atoms with Gasteiger partial charge >= 0.3 is 5.97 Å². The zero-order valence-corrected chi connectivity index (χ0v) is 10.4. The van der Waals surface area contributed by atoms with E-state index in [1.54, 1.807) is 13.8 Å². The molecule has 1 aromatic rings. The molecular formula is C12H16N2O4. The van der Waals surface area contributed by atoms with Gasteiger partial charge in [-0.25, -0.2) is 0 Å². The SMILES string of the molecule is Cc1noc(C)c1C(=O)NC1CCCC1C(=O)O. The number of amides is 1.